The smallest absolute Gasteiger partial charge is 0.210 e. The lowest BCUT2D eigenvalue weighted by atomic mass is 10.0. The number of likely N-dealkylation sites (N-methyl/N-ethyl adjacent to an activating group) is 1. The second-order valence-corrected chi connectivity index (χ2v) is 7.90. The normalized spacial score (nSPS) is 20.4. The molecule has 2 N–H and O–H groups in total. The molecular weight excluding hydrogens is 298 g/mol. The molecule has 0 aromatic heterocycles. The fraction of sp³-hybridized carbons (Fsp3) is 0.625. The zero-order valence-corrected chi connectivity index (χ0v) is 14.1. The van der Waals surface area contributed by atoms with Crippen LogP contribution in [0.15, 0.2) is 30.3 Å². The lowest BCUT2D eigenvalue weighted by Crippen LogP contribution is -2.47. The minimum atomic E-state index is -3.40. The van der Waals surface area contributed by atoms with E-state index in [1.54, 1.807) is 0 Å². The topological polar surface area (TPSA) is 66.6 Å². The van der Waals surface area contributed by atoms with Crippen molar-refractivity contribution in [1.29, 1.82) is 0 Å². The Bertz CT molecular complexity index is 548. The first-order valence-corrected chi connectivity index (χ1v) is 9.62. The number of nitrogens with two attached hydrogens (primary N) is 1. The van der Waals surface area contributed by atoms with Gasteiger partial charge in [0.25, 0.3) is 0 Å². The van der Waals surface area contributed by atoms with Crippen LogP contribution in [0.2, 0.25) is 0 Å². The predicted molar refractivity (Wildman–Crippen MR) is 90.0 cm³/mol. The summed E-state index contributed by atoms with van der Waals surface area (Å²) in [4.78, 5) is 4.56. The van der Waals surface area contributed by atoms with Crippen molar-refractivity contribution in [2.24, 2.45) is 5.14 Å². The van der Waals surface area contributed by atoms with E-state index in [1.807, 2.05) is 6.07 Å². The Morgan fingerprint density at radius 1 is 1.27 bits per heavy atom. The van der Waals surface area contributed by atoms with E-state index in [1.165, 1.54) is 5.56 Å². The van der Waals surface area contributed by atoms with E-state index >= 15 is 0 Å². The summed E-state index contributed by atoms with van der Waals surface area (Å²) in [5.41, 5.74) is 1.30. The van der Waals surface area contributed by atoms with Crippen molar-refractivity contribution >= 4 is 10.0 Å². The largest absolute Gasteiger partial charge is 0.301 e. The Balaban J connectivity index is 1.83. The van der Waals surface area contributed by atoms with Gasteiger partial charge in [0.05, 0.1) is 5.75 Å². The number of sulfonamides is 1. The van der Waals surface area contributed by atoms with E-state index in [-0.39, 0.29) is 11.8 Å². The lowest BCUT2D eigenvalue weighted by molar-refractivity contribution is 0.142. The second-order valence-electron chi connectivity index (χ2n) is 6.24. The van der Waals surface area contributed by atoms with Gasteiger partial charge in [0, 0.05) is 25.7 Å². The molecule has 0 amide bonds. The minimum Gasteiger partial charge on any atom is -0.301 e. The van der Waals surface area contributed by atoms with Crippen molar-refractivity contribution in [3.8, 4) is 0 Å². The van der Waals surface area contributed by atoms with Gasteiger partial charge in [-0.3, -0.25) is 4.90 Å². The summed E-state index contributed by atoms with van der Waals surface area (Å²) in [5, 5.41) is 5.22. The molecule has 22 heavy (non-hydrogen) atoms. The average Bonchev–Trinajstić information content (AvgIpc) is 2.46. The third kappa shape index (κ3) is 6.04. The summed E-state index contributed by atoms with van der Waals surface area (Å²) < 4.78 is 22.7. The molecule has 2 rings (SSSR count). The van der Waals surface area contributed by atoms with Gasteiger partial charge < -0.3 is 4.90 Å². The molecule has 1 fully saturated rings. The first-order valence-electron chi connectivity index (χ1n) is 7.91. The van der Waals surface area contributed by atoms with E-state index in [9.17, 15) is 8.42 Å². The molecule has 124 valence electrons. The van der Waals surface area contributed by atoms with E-state index in [4.69, 9.17) is 5.14 Å². The lowest BCUT2D eigenvalue weighted by Gasteiger charge is -2.36. The van der Waals surface area contributed by atoms with E-state index in [0.717, 1.165) is 45.4 Å². The first kappa shape index (κ1) is 17.4. The molecule has 0 spiro atoms. The molecule has 0 aliphatic carbocycles. The highest BCUT2D eigenvalue weighted by atomic mass is 32.2. The summed E-state index contributed by atoms with van der Waals surface area (Å²) in [6, 6.07) is 10.5. The highest BCUT2D eigenvalue weighted by Gasteiger charge is 2.25. The predicted octanol–water partition coefficient (Wildman–Crippen LogP) is 1.26. The molecule has 1 aliphatic heterocycles. The molecule has 0 radical (unpaired) electrons. The number of piperidine rings is 1. The molecule has 0 bridgehead atoms. The molecule has 1 aliphatic rings. The van der Waals surface area contributed by atoms with Gasteiger partial charge in [0.1, 0.15) is 0 Å². The molecule has 0 saturated carbocycles. The van der Waals surface area contributed by atoms with E-state index in [2.05, 4.69) is 41.1 Å². The molecular formula is C16H27N3O2S. The molecule has 1 aromatic carbocycles. The second kappa shape index (κ2) is 8.06. The number of rotatable bonds is 7. The summed E-state index contributed by atoms with van der Waals surface area (Å²) in [6.07, 6.45) is 3.17. The molecule has 1 aromatic rings. The summed E-state index contributed by atoms with van der Waals surface area (Å²) in [7, 11) is -1.30. The maximum atomic E-state index is 11.4. The van der Waals surface area contributed by atoms with Gasteiger partial charge in [-0.15, -0.1) is 0 Å². The number of hydrogen-bond donors (Lipinski definition) is 1. The van der Waals surface area contributed by atoms with E-state index in [0.29, 0.717) is 0 Å². The Hall–Kier alpha value is -0.950. The molecule has 1 heterocycles. The van der Waals surface area contributed by atoms with Gasteiger partial charge in [0.15, 0.2) is 0 Å². The standard InChI is InChI=1S/C16H27N3O2S/c1-18(13-15-7-3-2-4-8-15)11-12-19-10-6-5-9-16(19)14-22(17,20)21/h2-4,7-8,16H,5-6,9-14H2,1H3,(H2,17,20,21). The third-order valence-electron chi connectivity index (χ3n) is 4.24. The van der Waals surface area contributed by atoms with Crippen LogP contribution in [0.5, 0.6) is 0 Å². The molecule has 6 heteroatoms. The van der Waals surface area contributed by atoms with Crippen molar-refractivity contribution in [2.45, 2.75) is 31.8 Å². The van der Waals surface area contributed by atoms with Crippen LogP contribution in [0, 0.1) is 0 Å². The van der Waals surface area contributed by atoms with Crippen LogP contribution < -0.4 is 5.14 Å². The van der Waals surface area contributed by atoms with Gasteiger partial charge >= 0.3 is 0 Å². The SMILES string of the molecule is CN(CCN1CCCCC1CS(N)(=O)=O)Cc1ccccc1. The number of nitrogens with zero attached hydrogens (tertiary/aromatic N) is 2. The van der Waals surface area contributed by atoms with Crippen molar-refractivity contribution in [3.63, 3.8) is 0 Å². The fourth-order valence-electron chi connectivity index (χ4n) is 3.08. The fourth-order valence-corrected chi connectivity index (χ4v) is 4.00. The zero-order chi connectivity index (χ0) is 16.0. The van der Waals surface area contributed by atoms with Crippen LogP contribution in [-0.4, -0.2) is 56.7 Å². The Kier molecular flexibility index (Phi) is 6.37. The summed E-state index contributed by atoms with van der Waals surface area (Å²) in [6.45, 7) is 3.70. The number of primary sulfonamides is 1. The number of likely N-dealkylation sites (tertiary alicyclic amines) is 1. The quantitative estimate of drug-likeness (QED) is 0.820. The number of benzene rings is 1. The first-order chi connectivity index (χ1) is 10.4. The van der Waals surface area contributed by atoms with Crippen molar-refractivity contribution in [3.05, 3.63) is 35.9 Å². The van der Waals surface area contributed by atoms with Gasteiger partial charge in [-0.2, -0.15) is 0 Å². The van der Waals surface area contributed by atoms with Crippen LogP contribution in [0.1, 0.15) is 24.8 Å². The van der Waals surface area contributed by atoms with Crippen LogP contribution >= 0.6 is 0 Å². The molecule has 5 nitrogen and oxygen atoms in total. The van der Waals surface area contributed by atoms with Crippen LogP contribution in [0.4, 0.5) is 0 Å². The van der Waals surface area contributed by atoms with Gasteiger partial charge in [-0.1, -0.05) is 36.8 Å². The van der Waals surface area contributed by atoms with Crippen LogP contribution in [0.25, 0.3) is 0 Å². The number of hydrogen-bond acceptors (Lipinski definition) is 4. The highest BCUT2D eigenvalue weighted by molar-refractivity contribution is 7.89. The van der Waals surface area contributed by atoms with Crippen molar-refractivity contribution < 1.29 is 8.42 Å². The maximum absolute atomic E-state index is 11.4. The Morgan fingerprint density at radius 2 is 2.00 bits per heavy atom. The summed E-state index contributed by atoms with van der Waals surface area (Å²) in [5.74, 6) is 0.0788. The average molecular weight is 325 g/mol. The van der Waals surface area contributed by atoms with Gasteiger partial charge in [0.2, 0.25) is 10.0 Å². The molecule has 1 saturated heterocycles. The Labute approximate surface area is 134 Å². The Morgan fingerprint density at radius 3 is 2.68 bits per heavy atom. The van der Waals surface area contributed by atoms with Gasteiger partial charge in [-0.25, -0.2) is 13.6 Å². The third-order valence-corrected chi connectivity index (χ3v) is 5.09. The monoisotopic (exact) mass is 325 g/mol. The van der Waals surface area contributed by atoms with Crippen LogP contribution in [-0.2, 0) is 16.6 Å². The maximum Gasteiger partial charge on any atom is 0.210 e. The molecule has 1 atom stereocenters. The summed E-state index contributed by atoms with van der Waals surface area (Å²) >= 11 is 0. The van der Waals surface area contributed by atoms with Gasteiger partial charge in [-0.05, 0) is 32.0 Å². The minimum absolute atomic E-state index is 0.0777. The van der Waals surface area contributed by atoms with Crippen molar-refractivity contribution in [1.82, 2.24) is 9.80 Å². The van der Waals surface area contributed by atoms with E-state index < -0.39 is 10.0 Å². The zero-order valence-electron chi connectivity index (χ0n) is 13.3. The molecule has 1 unspecified atom stereocenters. The van der Waals surface area contributed by atoms with Crippen molar-refractivity contribution in [2.75, 3.05) is 32.4 Å². The highest BCUT2D eigenvalue weighted by Crippen LogP contribution is 2.17. The van der Waals surface area contributed by atoms with Crippen LogP contribution in [0.3, 0.4) is 0 Å².